The van der Waals surface area contributed by atoms with Gasteiger partial charge in [0, 0.05) is 20.5 Å². The molecule has 8 heteroatoms. The predicted molar refractivity (Wildman–Crippen MR) is 128 cm³/mol. The highest BCUT2D eigenvalue weighted by Crippen LogP contribution is 2.57. The van der Waals surface area contributed by atoms with Crippen LogP contribution in [0.5, 0.6) is 0 Å². The van der Waals surface area contributed by atoms with E-state index in [4.69, 9.17) is 28.4 Å². The van der Waals surface area contributed by atoms with E-state index < -0.39 is 11.9 Å². The number of carbonyl (C=O) groups excluding carboxylic acids is 1. The fraction of sp³-hybridized carbons (Fsp3) is 0.821. The van der Waals surface area contributed by atoms with Crippen LogP contribution in [0.1, 0.15) is 65.7 Å². The highest BCUT2D eigenvalue weighted by atomic mass is 16.7. The first-order valence-corrected chi connectivity index (χ1v) is 13.6. The largest absolute Gasteiger partial charge is 0.469 e. The van der Waals surface area contributed by atoms with Gasteiger partial charge in [0.05, 0.1) is 43.0 Å². The van der Waals surface area contributed by atoms with Crippen LogP contribution in [0.2, 0.25) is 0 Å². The van der Waals surface area contributed by atoms with Gasteiger partial charge in [-0.1, -0.05) is 18.6 Å². The number of hydrogen-bond acceptors (Lipinski definition) is 8. The van der Waals surface area contributed by atoms with Crippen LogP contribution in [-0.4, -0.2) is 67.4 Å². The molecule has 200 valence electrons. The van der Waals surface area contributed by atoms with Crippen molar-refractivity contribution >= 4 is 5.97 Å². The molecule has 4 heterocycles. The van der Waals surface area contributed by atoms with Crippen LogP contribution in [0, 0.1) is 23.2 Å². The number of methoxy groups -OCH3 is 1. The SMILES string of the molecule is CO[C@@H]1C[C@H](O[C@H]2CC[C@@]3(C)C(=CC[C@H]4C(=O)OC5CO[C@]6(C)OC=C(CC[C@@H]43)[C@H]56)C2)O[C@H](C)[C@H]1O. The molecule has 6 aliphatic rings. The highest BCUT2D eigenvalue weighted by Gasteiger charge is 2.58. The van der Waals surface area contributed by atoms with E-state index >= 15 is 0 Å². The molecule has 0 aromatic carbocycles. The Morgan fingerprint density at radius 2 is 2.06 bits per heavy atom. The summed E-state index contributed by atoms with van der Waals surface area (Å²) in [6.07, 6.45) is 8.04. The van der Waals surface area contributed by atoms with Gasteiger partial charge in [-0.25, -0.2) is 0 Å². The Hall–Kier alpha value is -1.45. The zero-order chi connectivity index (χ0) is 25.2. The van der Waals surface area contributed by atoms with Crippen molar-refractivity contribution < 1.29 is 38.3 Å². The molecule has 0 amide bonds. The molecule has 1 unspecified atom stereocenters. The van der Waals surface area contributed by atoms with Gasteiger partial charge in [0.25, 0.3) is 0 Å². The van der Waals surface area contributed by atoms with E-state index in [2.05, 4.69) is 13.0 Å². The first kappa shape index (κ1) is 24.9. The molecule has 8 nitrogen and oxygen atoms in total. The van der Waals surface area contributed by atoms with Crippen molar-refractivity contribution in [1.82, 2.24) is 0 Å². The minimum Gasteiger partial charge on any atom is -0.469 e. The Morgan fingerprint density at radius 3 is 2.86 bits per heavy atom. The van der Waals surface area contributed by atoms with Gasteiger partial charge in [0.1, 0.15) is 12.2 Å². The van der Waals surface area contributed by atoms with Crippen LogP contribution in [-0.2, 0) is 33.2 Å². The summed E-state index contributed by atoms with van der Waals surface area (Å²) in [4.78, 5) is 13.5. The van der Waals surface area contributed by atoms with E-state index in [1.165, 1.54) is 11.1 Å². The second-order valence-corrected chi connectivity index (χ2v) is 12.0. The van der Waals surface area contributed by atoms with Crippen molar-refractivity contribution in [3.63, 3.8) is 0 Å². The van der Waals surface area contributed by atoms with Gasteiger partial charge in [-0.05, 0) is 62.4 Å². The molecule has 1 N–H and O–H groups in total. The zero-order valence-corrected chi connectivity index (χ0v) is 21.8. The van der Waals surface area contributed by atoms with E-state index in [0.29, 0.717) is 19.4 Å². The molecule has 0 radical (unpaired) electrons. The average molecular weight is 505 g/mol. The molecule has 0 spiro atoms. The Bertz CT molecular complexity index is 946. The molecule has 0 aromatic rings. The maximum Gasteiger partial charge on any atom is 0.309 e. The molecular weight excluding hydrogens is 464 g/mol. The van der Waals surface area contributed by atoms with Crippen molar-refractivity contribution in [2.45, 2.75) is 108 Å². The monoisotopic (exact) mass is 504 g/mol. The number of aliphatic hydroxyl groups excluding tert-OH is 1. The van der Waals surface area contributed by atoms with Gasteiger partial charge in [-0.15, -0.1) is 0 Å². The third-order valence-electron chi connectivity index (χ3n) is 10.0. The normalized spacial score (nSPS) is 50.2. The summed E-state index contributed by atoms with van der Waals surface area (Å²) in [6.45, 7) is 6.54. The number of hydrogen-bond donors (Lipinski definition) is 1. The molecular formula is C28H40O8. The summed E-state index contributed by atoms with van der Waals surface area (Å²) in [6, 6.07) is 0. The molecule has 0 bridgehead atoms. The molecule has 36 heavy (non-hydrogen) atoms. The van der Waals surface area contributed by atoms with Gasteiger partial charge >= 0.3 is 5.97 Å². The minimum absolute atomic E-state index is 0.0155. The molecule has 2 aliphatic carbocycles. The van der Waals surface area contributed by atoms with E-state index in [1.807, 2.05) is 20.1 Å². The number of carbonyl (C=O) groups is 1. The lowest BCUT2D eigenvalue weighted by molar-refractivity contribution is -0.265. The third kappa shape index (κ3) is 3.95. The van der Waals surface area contributed by atoms with Gasteiger partial charge in [-0.2, -0.15) is 0 Å². The first-order valence-electron chi connectivity index (χ1n) is 13.6. The van der Waals surface area contributed by atoms with Crippen molar-refractivity contribution in [3.05, 3.63) is 23.5 Å². The fourth-order valence-electron chi connectivity index (χ4n) is 7.86. The summed E-state index contributed by atoms with van der Waals surface area (Å²) in [5, 5.41) is 10.3. The summed E-state index contributed by atoms with van der Waals surface area (Å²) < 4.78 is 35.8. The molecule has 4 aliphatic heterocycles. The molecule has 6 rings (SSSR count). The maximum absolute atomic E-state index is 13.5. The lowest BCUT2D eigenvalue weighted by Gasteiger charge is -2.50. The summed E-state index contributed by atoms with van der Waals surface area (Å²) in [5.41, 5.74) is 2.54. The number of aliphatic hydroxyl groups is 1. The number of rotatable bonds is 3. The number of esters is 1. The van der Waals surface area contributed by atoms with Gasteiger partial charge in [0.15, 0.2) is 6.29 Å². The second kappa shape index (κ2) is 9.09. The van der Waals surface area contributed by atoms with Crippen molar-refractivity contribution in [3.8, 4) is 0 Å². The Morgan fingerprint density at radius 1 is 1.22 bits per heavy atom. The Balaban J connectivity index is 1.18. The van der Waals surface area contributed by atoms with E-state index in [-0.39, 0.29) is 59.8 Å². The van der Waals surface area contributed by atoms with Gasteiger partial charge < -0.3 is 33.5 Å². The minimum atomic E-state index is -0.713. The van der Waals surface area contributed by atoms with Crippen molar-refractivity contribution in [1.29, 1.82) is 0 Å². The Labute approximate surface area is 213 Å². The number of allylic oxidation sites excluding steroid dienone is 1. The highest BCUT2D eigenvalue weighted by molar-refractivity contribution is 5.74. The average Bonchev–Trinajstić information content (AvgIpc) is 3.36. The van der Waals surface area contributed by atoms with Gasteiger partial charge in [0.2, 0.25) is 5.79 Å². The summed E-state index contributed by atoms with van der Waals surface area (Å²) in [7, 11) is 1.62. The number of ether oxygens (including phenoxy) is 6. The van der Waals surface area contributed by atoms with Gasteiger partial charge in [-0.3, -0.25) is 4.79 Å². The first-order chi connectivity index (χ1) is 17.2. The quantitative estimate of drug-likeness (QED) is 0.460. The molecule has 11 atom stereocenters. The topological polar surface area (TPSA) is 92.7 Å². The van der Waals surface area contributed by atoms with Crippen LogP contribution in [0.3, 0.4) is 0 Å². The summed E-state index contributed by atoms with van der Waals surface area (Å²) in [5.74, 6) is -0.727. The maximum atomic E-state index is 13.5. The van der Waals surface area contributed by atoms with Crippen LogP contribution < -0.4 is 0 Å². The van der Waals surface area contributed by atoms with Crippen LogP contribution >= 0.6 is 0 Å². The molecule has 0 aromatic heterocycles. The van der Waals surface area contributed by atoms with Crippen molar-refractivity contribution in [2.75, 3.05) is 13.7 Å². The van der Waals surface area contributed by atoms with E-state index in [0.717, 1.165) is 32.1 Å². The predicted octanol–water partition coefficient (Wildman–Crippen LogP) is 3.62. The van der Waals surface area contributed by atoms with Crippen LogP contribution in [0.15, 0.2) is 23.5 Å². The molecule has 4 fully saturated rings. The Kier molecular flexibility index (Phi) is 6.27. The zero-order valence-electron chi connectivity index (χ0n) is 21.8. The molecule has 1 saturated carbocycles. The lowest BCUT2D eigenvalue weighted by Crippen LogP contribution is -2.50. The van der Waals surface area contributed by atoms with Crippen LogP contribution in [0.25, 0.3) is 0 Å². The third-order valence-corrected chi connectivity index (χ3v) is 10.0. The van der Waals surface area contributed by atoms with Crippen LogP contribution in [0.4, 0.5) is 0 Å². The molecule has 3 saturated heterocycles. The van der Waals surface area contributed by atoms with Crippen molar-refractivity contribution in [2.24, 2.45) is 23.2 Å². The fourth-order valence-corrected chi connectivity index (χ4v) is 7.86. The second-order valence-electron chi connectivity index (χ2n) is 12.0. The van der Waals surface area contributed by atoms with E-state index in [9.17, 15) is 9.90 Å². The lowest BCUT2D eigenvalue weighted by atomic mass is 9.55. The standard InChI is InChI=1S/C28H40O8/c1-15-25(29)21(31-4)12-23(34-15)35-18-9-10-27(2)17(11-18)6-7-19-20(27)8-5-16-13-32-28(3)24(16)22(14-33-28)36-26(19)30/h6,13,15,18-25,29H,5,7-12,14H2,1-4H3/t15-,18+,19-,20+,21-,22?,23+,24-,25-,27+,28+/m1/s1. The van der Waals surface area contributed by atoms with E-state index in [1.54, 1.807) is 7.11 Å². The smallest absolute Gasteiger partial charge is 0.309 e. The number of fused-ring (bicyclic) bond motifs is 3. The summed E-state index contributed by atoms with van der Waals surface area (Å²) >= 11 is 0.